The third-order valence-corrected chi connectivity index (χ3v) is 1.78. The Hall–Kier alpha value is -2.04. The Kier molecular flexibility index (Phi) is 2.42. The number of rotatable bonds is 2. The van der Waals surface area contributed by atoms with E-state index < -0.39 is 17.7 Å². The number of phenols is 1. The highest BCUT2D eigenvalue weighted by Gasteiger charge is 2.16. The van der Waals surface area contributed by atoms with E-state index in [9.17, 15) is 14.7 Å². The van der Waals surface area contributed by atoms with Crippen LogP contribution in [0.2, 0.25) is 0 Å². The van der Waals surface area contributed by atoms with Crippen molar-refractivity contribution < 1.29 is 24.9 Å². The van der Waals surface area contributed by atoms with Gasteiger partial charge in [-0.25, -0.2) is 9.59 Å². The molecule has 0 aliphatic heterocycles. The lowest BCUT2D eigenvalue weighted by molar-refractivity contribution is 0.0677. The molecule has 14 heavy (non-hydrogen) atoms. The van der Waals surface area contributed by atoms with E-state index in [2.05, 4.69) is 0 Å². The maximum atomic E-state index is 10.6. The Morgan fingerprint density at radius 1 is 1.14 bits per heavy atom. The Morgan fingerprint density at radius 2 is 1.71 bits per heavy atom. The molecular weight excluding hydrogens is 188 g/mol. The van der Waals surface area contributed by atoms with E-state index in [-0.39, 0.29) is 16.7 Å². The van der Waals surface area contributed by atoms with E-state index in [0.717, 1.165) is 6.07 Å². The molecule has 0 aliphatic carbocycles. The maximum absolute atomic E-state index is 10.6. The van der Waals surface area contributed by atoms with Crippen LogP contribution in [0.3, 0.4) is 0 Å². The fourth-order valence-electron chi connectivity index (χ4n) is 1.17. The summed E-state index contributed by atoms with van der Waals surface area (Å²) in [7, 11) is 0. The van der Waals surface area contributed by atoms with Crippen molar-refractivity contribution in [3.05, 3.63) is 28.8 Å². The third-order valence-electron chi connectivity index (χ3n) is 1.78. The van der Waals surface area contributed by atoms with Crippen LogP contribution >= 0.6 is 0 Å². The molecule has 1 rings (SSSR count). The first-order valence-electron chi connectivity index (χ1n) is 3.73. The van der Waals surface area contributed by atoms with Gasteiger partial charge < -0.3 is 15.3 Å². The van der Waals surface area contributed by atoms with Gasteiger partial charge in [0.05, 0.1) is 5.56 Å². The molecule has 0 radical (unpaired) electrons. The van der Waals surface area contributed by atoms with Gasteiger partial charge in [0.1, 0.15) is 11.3 Å². The van der Waals surface area contributed by atoms with Crippen LogP contribution in [0.15, 0.2) is 12.1 Å². The molecule has 3 N–H and O–H groups in total. The van der Waals surface area contributed by atoms with Gasteiger partial charge in [0, 0.05) is 0 Å². The largest absolute Gasteiger partial charge is 0.507 e. The van der Waals surface area contributed by atoms with Crippen molar-refractivity contribution in [2.75, 3.05) is 0 Å². The Labute approximate surface area is 79.2 Å². The molecule has 0 saturated heterocycles. The molecule has 74 valence electrons. The predicted molar refractivity (Wildman–Crippen MR) is 46.8 cm³/mol. The summed E-state index contributed by atoms with van der Waals surface area (Å²) in [6.45, 7) is 1.43. The molecule has 0 amide bonds. The van der Waals surface area contributed by atoms with Crippen molar-refractivity contribution >= 4 is 11.9 Å². The van der Waals surface area contributed by atoms with E-state index in [1.54, 1.807) is 0 Å². The van der Waals surface area contributed by atoms with E-state index in [1.807, 2.05) is 0 Å². The number of aromatic hydroxyl groups is 1. The molecule has 0 bridgehead atoms. The SMILES string of the molecule is Cc1cc(C(=O)O)cc(O)c1C(=O)O. The van der Waals surface area contributed by atoms with Gasteiger partial charge in [0.25, 0.3) is 0 Å². The molecule has 0 fully saturated rings. The Balaban J connectivity index is 3.39. The highest BCUT2D eigenvalue weighted by molar-refractivity contribution is 5.96. The first-order chi connectivity index (χ1) is 6.43. The number of hydrogen-bond acceptors (Lipinski definition) is 3. The fraction of sp³-hybridized carbons (Fsp3) is 0.111. The van der Waals surface area contributed by atoms with Crippen LogP contribution in [0.5, 0.6) is 5.75 Å². The van der Waals surface area contributed by atoms with Crippen molar-refractivity contribution in [3.8, 4) is 5.75 Å². The van der Waals surface area contributed by atoms with Gasteiger partial charge >= 0.3 is 11.9 Å². The fourth-order valence-corrected chi connectivity index (χ4v) is 1.17. The summed E-state index contributed by atoms with van der Waals surface area (Å²) in [5, 5.41) is 26.5. The van der Waals surface area contributed by atoms with Gasteiger partial charge in [0.2, 0.25) is 0 Å². The number of carboxylic acid groups (broad SMARTS) is 2. The Morgan fingerprint density at radius 3 is 2.07 bits per heavy atom. The summed E-state index contributed by atoms with van der Waals surface area (Å²) in [6.07, 6.45) is 0. The first-order valence-corrected chi connectivity index (χ1v) is 3.73. The second kappa shape index (κ2) is 3.37. The number of aryl methyl sites for hydroxylation is 1. The maximum Gasteiger partial charge on any atom is 0.339 e. The number of benzene rings is 1. The van der Waals surface area contributed by atoms with Gasteiger partial charge in [0.15, 0.2) is 0 Å². The highest BCUT2D eigenvalue weighted by atomic mass is 16.4. The lowest BCUT2D eigenvalue weighted by atomic mass is 10.0. The second-order valence-corrected chi connectivity index (χ2v) is 2.80. The minimum Gasteiger partial charge on any atom is -0.507 e. The standard InChI is InChI=1S/C9H8O5/c1-4-2-5(8(11)12)3-6(10)7(4)9(13)14/h2-3,10H,1H3,(H,11,12)(H,13,14). The average molecular weight is 196 g/mol. The van der Waals surface area contributed by atoms with Crippen molar-refractivity contribution in [3.63, 3.8) is 0 Å². The normalized spacial score (nSPS) is 9.79. The molecule has 0 saturated carbocycles. The van der Waals surface area contributed by atoms with Crippen LogP contribution in [0.4, 0.5) is 0 Å². The Bertz CT molecular complexity index is 385. The van der Waals surface area contributed by atoms with Gasteiger partial charge in [-0.2, -0.15) is 0 Å². The van der Waals surface area contributed by atoms with Crippen molar-refractivity contribution in [2.45, 2.75) is 6.92 Å². The highest BCUT2D eigenvalue weighted by Crippen LogP contribution is 2.23. The zero-order chi connectivity index (χ0) is 10.9. The number of aromatic carboxylic acids is 2. The summed E-state index contributed by atoms with van der Waals surface area (Å²) in [4.78, 5) is 21.1. The minimum absolute atomic E-state index is 0.134. The average Bonchev–Trinajstić information content (AvgIpc) is 2.01. The quantitative estimate of drug-likeness (QED) is 0.658. The summed E-state index contributed by atoms with van der Waals surface area (Å²) in [6, 6.07) is 2.12. The predicted octanol–water partition coefficient (Wildman–Crippen LogP) is 1.10. The molecule has 5 heteroatoms. The van der Waals surface area contributed by atoms with Crippen LogP contribution in [-0.2, 0) is 0 Å². The molecule has 1 aromatic carbocycles. The topological polar surface area (TPSA) is 94.8 Å². The number of hydrogen-bond donors (Lipinski definition) is 3. The summed E-state index contributed by atoms with van der Waals surface area (Å²) in [5.41, 5.74) is -0.185. The number of carboxylic acids is 2. The molecule has 0 spiro atoms. The molecule has 0 atom stereocenters. The van der Waals surface area contributed by atoms with Gasteiger partial charge in [-0.1, -0.05) is 0 Å². The minimum atomic E-state index is -1.28. The third kappa shape index (κ3) is 1.66. The van der Waals surface area contributed by atoms with Gasteiger partial charge in [-0.3, -0.25) is 0 Å². The van der Waals surface area contributed by atoms with E-state index in [0.29, 0.717) is 0 Å². The number of carbonyl (C=O) groups is 2. The van der Waals surface area contributed by atoms with Crippen molar-refractivity contribution in [2.24, 2.45) is 0 Å². The second-order valence-electron chi connectivity index (χ2n) is 2.80. The van der Waals surface area contributed by atoms with Crippen LogP contribution in [0, 0.1) is 6.92 Å². The summed E-state index contributed by atoms with van der Waals surface area (Å²) >= 11 is 0. The molecule has 5 nitrogen and oxygen atoms in total. The van der Waals surface area contributed by atoms with Crippen molar-refractivity contribution in [1.29, 1.82) is 0 Å². The molecule has 0 heterocycles. The molecule has 0 aromatic heterocycles. The monoisotopic (exact) mass is 196 g/mol. The van der Waals surface area contributed by atoms with E-state index >= 15 is 0 Å². The summed E-state index contributed by atoms with van der Waals surface area (Å²) in [5.74, 6) is -3.02. The van der Waals surface area contributed by atoms with Crippen LogP contribution in [0.1, 0.15) is 26.3 Å². The molecule has 0 unspecified atom stereocenters. The summed E-state index contributed by atoms with van der Waals surface area (Å²) < 4.78 is 0. The molecule has 1 aromatic rings. The van der Waals surface area contributed by atoms with E-state index in [4.69, 9.17) is 10.2 Å². The van der Waals surface area contributed by atoms with Crippen LogP contribution in [0.25, 0.3) is 0 Å². The lowest BCUT2D eigenvalue weighted by Gasteiger charge is -2.04. The first kappa shape index (κ1) is 10.0. The van der Waals surface area contributed by atoms with Crippen LogP contribution < -0.4 is 0 Å². The van der Waals surface area contributed by atoms with Gasteiger partial charge in [-0.05, 0) is 24.6 Å². The lowest BCUT2D eigenvalue weighted by Crippen LogP contribution is -2.04. The zero-order valence-electron chi connectivity index (χ0n) is 7.31. The zero-order valence-corrected chi connectivity index (χ0v) is 7.31. The van der Waals surface area contributed by atoms with Crippen LogP contribution in [-0.4, -0.2) is 27.3 Å². The molecular formula is C9H8O5. The van der Waals surface area contributed by atoms with Gasteiger partial charge in [-0.15, -0.1) is 0 Å². The van der Waals surface area contributed by atoms with Crippen molar-refractivity contribution in [1.82, 2.24) is 0 Å². The smallest absolute Gasteiger partial charge is 0.339 e. The van der Waals surface area contributed by atoms with E-state index in [1.165, 1.54) is 13.0 Å². The molecule has 0 aliphatic rings.